The molecule has 1 aliphatic rings. The van der Waals surface area contributed by atoms with Gasteiger partial charge in [-0.2, -0.15) is 5.26 Å². The molecular formula is C55H76F2N3O7PSi. The van der Waals surface area contributed by atoms with Crippen molar-refractivity contribution in [3.05, 3.63) is 137 Å². The lowest BCUT2D eigenvalue weighted by molar-refractivity contribution is -0.131. The quantitative estimate of drug-likeness (QED) is 0.0336. The molecule has 376 valence electrons. The molecule has 0 aromatic heterocycles. The van der Waals surface area contributed by atoms with Gasteiger partial charge in [-0.05, 0) is 93.1 Å². The number of benzene rings is 4. The summed E-state index contributed by atoms with van der Waals surface area (Å²) in [6.45, 7) is 26.6. The number of amides is 1. The molecule has 1 N–H and O–H groups in total. The summed E-state index contributed by atoms with van der Waals surface area (Å²) in [6, 6.07) is 32.2. The average Bonchev–Trinajstić information content (AvgIpc) is 3.62. The van der Waals surface area contributed by atoms with Crippen LogP contribution in [-0.2, 0) is 39.9 Å². The number of methoxy groups -OCH3 is 1. The van der Waals surface area contributed by atoms with Gasteiger partial charge < -0.3 is 33.0 Å². The maximum atomic E-state index is 16.8. The second kappa shape index (κ2) is 23.9. The molecule has 4 aromatic carbocycles. The molecule has 10 nitrogen and oxygen atoms in total. The first-order valence-electron chi connectivity index (χ1n) is 24.2. The van der Waals surface area contributed by atoms with Crippen molar-refractivity contribution in [1.29, 1.82) is 5.26 Å². The standard InChI is InChI=1S/C55H76F2N3O7PSi/c1-37(2)54(10,11)52(61)59-35-40-33-45(47(57)34-46(40)56)49-51(67-69(13,14)53(7,8)9)50(66-68(64-32-22-21-31-58)60(38(3)4)39(5)6)48(65-49)36-63-55(41-23-17-15-18-24-41,42-25-19-16-20-26-42)43-27-29-44(62-12)30-28-43/h15-20,23-30,33-34,37-39,48-51H,21-22,32,35-36H2,1-14H3,(H,59,61)/t48-,49+,50+,51?,68?/m1/s1. The van der Waals surface area contributed by atoms with Gasteiger partial charge in [0.2, 0.25) is 5.91 Å². The predicted octanol–water partition coefficient (Wildman–Crippen LogP) is 13.2. The molecular weight excluding hydrogens is 912 g/mol. The molecule has 1 saturated heterocycles. The van der Waals surface area contributed by atoms with E-state index in [0.29, 0.717) is 18.6 Å². The molecule has 1 fully saturated rings. The number of unbranched alkanes of at least 4 members (excludes halogenated alkanes) is 1. The molecule has 1 aliphatic heterocycles. The third kappa shape index (κ3) is 13.1. The molecule has 2 unspecified atom stereocenters. The number of nitriles is 1. The Balaban J connectivity index is 1.74. The van der Waals surface area contributed by atoms with Gasteiger partial charge in [-0.1, -0.05) is 121 Å². The Morgan fingerprint density at radius 3 is 1.91 bits per heavy atom. The molecule has 1 heterocycles. The zero-order valence-electron chi connectivity index (χ0n) is 43.3. The van der Waals surface area contributed by atoms with E-state index in [9.17, 15) is 10.1 Å². The second-order valence-corrected chi connectivity index (χ2v) is 27.0. The summed E-state index contributed by atoms with van der Waals surface area (Å²) in [5.74, 6) is -1.16. The van der Waals surface area contributed by atoms with Crippen LogP contribution in [0.3, 0.4) is 0 Å². The summed E-state index contributed by atoms with van der Waals surface area (Å²) in [6.07, 6.45) is -3.10. The minimum atomic E-state index is -2.75. The number of carbonyl (C=O) groups excluding carboxylic acids is 1. The molecule has 5 rings (SSSR count). The Morgan fingerprint density at radius 2 is 1.41 bits per heavy atom. The lowest BCUT2D eigenvalue weighted by atomic mass is 9.80. The van der Waals surface area contributed by atoms with Gasteiger partial charge in [0.25, 0.3) is 8.53 Å². The van der Waals surface area contributed by atoms with Crippen LogP contribution in [0.4, 0.5) is 8.78 Å². The maximum Gasteiger partial charge on any atom is 0.259 e. The van der Waals surface area contributed by atoms with Crippen molar-refractivity contribution in [1.82, 2.24) is 9.99 Å². The van der Waals surface area contributed by atoms with Crippen LogP contribution in [0.15, 0.2) is 97.1 Å². The van der Waals surface area contributed by atoms with E-state index in [1.807, 2.05) is 113 Å². The molecule has 0 spiro atoms. The van der Waals surface area contributed by atoms with Crippen LogP contribution < -0.4 is 10.1 Å². The molecule has 0 saturated carbocycles. The Labute approximate surface area is 413 Å². The predicted molar refractivity (Wildman–Crippen MR) is 273 cm³/mol. The number of hydrogen-bond donors (Lipinski definition) is 1. The summed E-state index contributed by atoms with van der Waals surface area (Å²) in [7, 11) is -2.98. The highest BCUT2D eigenvalue weighted by atomic mass is 31.2. The summed E-state index contributed by atoms with van der Waals surface area (Å²) in [4.78, 5) is 13.4. The highest BCUT2D eigenvalue weighted by molar-refractivity contribution is 7.44. The maximum absolute atomic E-state index is 16.8. The first-order valence-corrected chi connectivity index (χ1v) is 28.3. The number of halogens is 2. The van der Waals surface area contributed by atoms with Crippen LogP contribution in [0.5, 0.6) is 5.75 Å². The topological polar surface area (TPSA) is 112 Å². The third-order valence-corrected chi connectivity index (χ3v) is 20.5. The highest BCUT2D eigenvalue weighted by Gasteiger charge is 2.54. The summed E-state index contributed by atoms with van der Waals surface area (Å²) >= 11 is 0. The van der Waals surface area contributed by atoms with Crippen molar-refractivity contribution < 1.29 is 41.3 Å². The van der Waals surface area contributed by atoms with E-state index >= 15 is 8.78 Å². The zero-order chi connectivity index (χ0) is 50.9. The lowest BCUT2D eigenvalue weighted by Gasteiger charge is -2.42. The van der Waals surface area contributed by atoms with Crippen LogP contribution in [0, 0.1) is 34.3 Å². The molecule has 0 bridgehead atoms. The van der Waals surface area contributed by atoms with Crippen LogP contribution in [0.2, 0.25) is 18.1 Å². The van der Waals surface area contributed by atoms with Crippen molar-refractivity contribution in [2.75, 3.05) is 20.3 Å². The van der Waals surface area contributed by atoms with E-state index in [1.54, 1.807) is 7.11 Å². The molecule has 5 atom stereocenters. The normalized spacial score (nSPS) is 18.5. The van der Waals surface area contributed by atoms with Crippen LogP contribution in [0.25, 0.3) is 0 Å². The van der Waals surface area contributed by atoms with Crippen molar-refractivity contribution >= 4 is 22.8 Å². The van der Waals surface area contributed by atoms with Crippen molar-refractivity contribution in [3.8, 4) is 11.8 Å². The van der Waals surface area contributed by atoms with E-state index in [4.69, 9.17) is 27.7 Å². The number of hydrogen-bond acceptors (Lipinski definition) is 9. The minimum Gasteiger partial charge on any atom is -0.497 e. The molecule has 4 aromatic rings. The zero-order valence-corrected chi connectivity index (χ0v) is 45.2. The minimum absolute atomic E-state index is 0.0118. The number of nitrogens with zero attached hydrogens (tertiary/aromatic N) is 2. The van der Waals surface area contributed by atoms with Gasteiger partial charge in [0.05, 0.1) is 26.4 Å². The number of nitrogens with one attached hydrogen (secondary N) is 1. The van der Waals surface area contributed by atoms with E-state index in [2.05, 4.69) is 77.6 Å². The second-order valence-electron chi connectivity index (χ2n) is 20.9. The van der Waals surface area contributed by atoms with Gasteiger partial charge in [-0.15, -0.1) is 0 Å². The van der Waals surface area contributed by atoms with Gasteiger partial charge in [-0.3, -0.25) is 4.79 Å². The molecule has 69 heavy (non-hydrogen) atoms. The largest absolute Gasteiger partial charge is 0.497 e. The van der Waals surface area contributed by atoms with Gasteiger partial charge in [0.15, 0.2) is 8.32 Å². The van der Waals surface area contributed by atoms with Gasteiger partial charge in [0, 0.05) is 47.7 Å². The Bertz CT molecular complexity index is 2260. The third-order valence-electron chi connectivity index (χ3n) is 13.9. The fraction of sp³-hybridized carbons (Fsp3) is 0.527. The SMILES string of the molecule is COc1ccc(C(OC[C@H]2O[C@@H](c3cc(CNC(=O)C(C)(C)C(C)C)c(F)cc3F)C(O[Si](C)(C)C(C)(C)C)[C@H]2OP(OCCCC#N)N(C(C)C)C(C)C)(c2ccccc2)c2ccccc2)cc1. The van der Waals surface area contributed by atoms with Crippen LogP contribution in [-0.4, -0.2) is 69.6 Å². The average molecular weight is 988 g/mol. The van der Waals surface area contributed by atoms with Gasteiger partial charge in [0.1, 0.15) is 47.4 Å². The number of carbonyl (C=O) groups is 1. The summed E-state index contributed by atoms with van der Waals surface area (Å²) < 4.78 is 76.6. The van der Waals surface area contributed by atoms with Crippen LogP contribution >= 0.6 is 8.53 Å². The van der Waals surface area contributed by atoms with E-state index in [1.165, 1.54) is 6.07 Å². The smallest absolute Gasteiger partial charge is 0.259 e. The fourth-order valence-electron chi connectivity index (χ4n) is 8.17. The van der Waals surface area contributed by atoms with Crippen molar-refractivity contribution in [3.63, 3.8) is 0 Å². The molecule has 14 heteroatoms. The van der Waals surface area contributed by atoms with Crippen LogP contribution in [0.1, 0.15) is 123 Å². The van der Waals surface area contributed by atoms with Crippen molar-refractivity contribution in [2.24, 2.45) is 11.3 Å². The van der Waals surface area contributed by atoms with E-state index in [-0.39, 0.29) is 59.8 Å². The number of ether oxygens (including phenoxy) is 3. The Kier molecular flexibility index (Phi) is 19.3. The first-order chi connectivity index (χ1) is 32.5. The van der Waals surface area contributed by atoms with Crippen molar-refractivity contribution in [2.45, 2.75) is 156 Å². The lowest BCUT2D eigenvalue weighted by Crippen LogP contribution is -2.49. The Hall–Kier alpha value is -4.09. The van der Waals surface area contributed by atoms with Gasteiger partial charge >= 0.3 is 0 Å². The van der Waals surface area contributed by atoms with E-state index in [0.717, 1.165) is 22.8 Å². The fourth-order valence-corrected chi connectivity index (χ4v) is 11.3. The van der Waals surface area contributed by atoms with E-state index < -0.39 is 63.9 Å². The molecule has 0 radical (unpaired) electrons. The summed E-state index contributed by atoms with van der Waals surface area (Å²) in [5.41, 5.74) is 0.775. The number of rotatable bonds is 23. The molecule has 0 aliphatic carbocycles. The monoisotopic (exact) mass is 988 g/mol. The molecule has 1 amide bonds. The van der Waals surface area contributed by atoms with Gasteiger partial charge in [-0.25, -0.2) is 13.5 Å². The Morgan fingerprint density at radius 1 is 0.841 bits per heavy atom. The summed E-state index contributed by atoms with van der Waals surface area (Å²) in [5, 5.41) is 12.0. The first kappa shape index (κ1) is 55.8. The highest BCUT2D eigenvalue weighted by Crippen LogP contribution is 2.53.